The lowest BCUT2D eigenvalue weighted by Crippen LogP contribution is -1.99. The molecule has 0 radical (unpaired) electrons. The average molecular weight is 209 g/mol. The van der Waals surface area contributed by atoms with Crippen molar-refractivity contribution in [3.05, 3.63) is 29.3 Å². The number of aryl methyl sites for hydroxylation is 1. The first-order valence-corrected chi connectivity index (χ1v) is 3.29. The number of nitrogens with two attached hydrogens (primary N) is 2. The van der Waals surface area contributed by atoms with Crippen LogP contribution in [0.25, 0.3) is 0 Å². The number of benzene rings is 1. The summed E-state index contributed by atoms with van der Waals surface area (Å²) in [6, 6.07) is 5.77. The minimum absolute atomic E-state index is 0. The van der Waals surface area contributed by atoms with Gasteiger partial charge in [-0.3, -0.25) is 0 Å². The van der Waals surface area contributed by atoms with Crippen LogP contribution >= 0.6 is 24.8 Å². The highest BCUT2D eigenvalue weighted by Crippen LogP contribution is 2.10. The molecule has 70 valence electrons. The van der Waals surface area contributed by atoms with Gasteiger partial charge in [-0.05, 0) is 30.2 Å². The Morgan fingerprint density at radius 1 is 1.25 bits per heavy atom. The Hall–Kier alpha value is -0.440. The molecule has 0 atom stereocenters. The zero-order valence-electron chi connectivity index (χ0n) is 6.91. The lowest BCUT2D eigenvalue weighted by Gasteiger charge is -2.02. The third-order valence-electron chi connectivity index (χ3n) is 1.59. The Balaban J connectivity index is 0. The number of halogens is 2. The minimum atomic E-state index is 0. The van der Waals surface area contributed by atoms with Crippen LogP contribution in [0.15, 0.2) is 18.2 Å². The molecule has 1 aromatic rings. The van der Waals surface area contributed by atoms with Crippen molar-refractivity contribution in [2.24, 2.45) is 5.73 Å². The van der Waals surface area contributed by atoms with E-state index in [0.29, 0.717) is 6.54 Å². The van der Waals surface area contributed by atoms with Crippen LogP contribution in [0.1, 0.15) is 11.1 Å². The van der Waals surface area contributed by atoms with Gasteiger partial charge in [-0.25, -0.2) is 0 Å². The van der Waals surface area contributed by atoms with E-state index in [1.807, 2.05) is 25.1 Å². The van der Waals surface area contributed by atoms with E-state index >= 15 is 0 Å². The van der Waals surface area contributed by atoms with Crippen molar-refractivity contribution < 1.29 is 0 Å². The SMILES string of the molecule is Cc1cc(N)ccc1CN.Cl.Cl. The van der Waals surface area contributed by atoms with Gasteiger partial charge in [0, 0.05) is 12.2 Å². The van der Waals surface area contributed by atoms with E-state index in [0.717, 1.165) is 11.3 Å². The predicted molar refractivity (Wildman–Crippen MR) is 58.0 cm³/mol. The molecule has 0 heterocycles. The van der Waals surface area contributed by atoms with Crippen molar-refractivity contribution in [1.29, 1.82) is 0 Å². The third kappa shape index (κ3) is 3.30. The van der Waals surface area contributed by atoms with Crippen molar-refractivity contribution >= 4 is 30.5 Å². The molecular weight excluding hydrogens is 195 g/mol. The van der Waals surface area contributed by atoms with Gasteiger partial charge >= 0.3 is 0 Å². The molecule has 1 rings (SSSR count). The first-order chi connectivity index (χ1) is 4.74. The van der Waals surface area contributed by atoms with Crippen LogP contribution in [0.3, 0.4) is 0 Å². The predicted octanol–water partition coefficient (Wildman–Crippen LogP) is 1.88. The summed E-state index contributed by atoms with van der Waals surface area (Å²) < 4.78 is 0. The molecule has 0 aromatic heterocycles. The van der Waals surface area contributed by atoms with Crippen LogP contribution in [0, 0.1) is 6.92 Å². The summed E-state index contributed by atoms with van der Waals surface area (Å²) in [5.74, 6) is 0. The summed E-state index contributed by atoms with van der Waals surface area (Å²) >= 11 is 0. The zero-order valence-corrected chi connectivity index (χ0v) is 8.54. The largest absolute Gasteiger partial charge is 0.399 e. The van der Waals surface area contributed by atoms with E-state index in [9.17, 15) is 0 Å². The lowest BCUT2D eigenvalue weighted by molar-refractivity contribution is 1.05. The number of hydrogen-bond donors (Lipinski definition) is 2. The van der Waals surface area contributed by atoms with Gasteiger partial charge in [-0.2, -0.15) is 0 Å². The molecule has 0 aliphatic heterocycles. The Morgan fingerprint density at radius 3 is 2.25 bits per heavy atom. The maximum Gasteiger partial charge on any atom is 0.0316 e. The van der Waals surface area contributed by atoms with Crippen molar-refractivity contribution in [3.8, 4) is 0 Å². The number of nitrogen functional groups attached to an aromatic ring is 1. The Bertz CT molecular complexity index is 238. The number of hydrogen-bond acceptors (Lipinski definition) is 2. The molecule has 1 aromatic carbocycles. The standard InChI is InChI=1S/C8H12N2.2ClH/c1-6-4-8(10)3-2-7(6)5-9;;/h2-4H,5,9-10H2,1H3;2*1H. The summed E-state index contributed by atoms with van der Waals surface area (Å²) in [4.78, 5) is 0. The van der Waals surface area contributed by atoms with E-state index in [4.69, 9.17) is 11.5 Å². The maximum atomic E-state index is 5.54. The van der Waals surface area contributed by atoms with Crippen LogP contribution in [0.4, 0.5) is 5.69 Å². The molecule has 4 heteroatoms. The van der Waals surface area contributed by atoms with Gasteiger partial charge in [0.25, 0.3) is 0 Å². The molecule has 0 aliphatic rings. The monoisotopic (exact) mass is 208 g/mol. The van der Waals surface area contributed by atoms with Gasteiger partial charge in [0.2, 0.25) is 0 Å². The molecule has 0 bridgehead atoms. The molecule has 0 saturated carbocycles. The van der Waals surface area contributed by atoms with Crippen molar-refractivity contribution in [2.75, 3.05) is 5.73 Å². The van der Waals surface area contributed by atoms with Crippen molar-refractivity contribution in [2.45, 2.75) is 13.5 Å². The molecule has 0 saturated heterocycles. The summed E-state index contributed by atoms with van der Waals surface area (Å²) in [5, 5.41) is 0. The van der Waals surface area contributed by atoms with E-state index in [-0.39, 0.29) is 24.8 Å². The fraction of sp³-hybridized carbons (Fsp3) is 0.250. The highest BCUT2D eigenvalue weighted by molar-refractivity contribution is 5.85. The molecule has 2 nitrogen and oxygen atoms in total. The van der Waals surface area contributed by atoms with Crippen molar-refractivity contribution in [1.82, 2.24) is 0 Å². The second-order valence-electron chi connectivity index (χ2n) is 2.39. The molecule has 0 unspecified atom stereocenters. The molecule has 12 heavy (non-hydrogen) atoms. The molecule has 0 fully saturated rings. The Morgan fingerprint density at radius 2 is 1.83 bits per heavy atom. The highest BCUT2D eigenvalue weighted by atomic mass is 35.5. The second-order valence-corrected chi connectivity index (χ2v) is 2.39. The van der Waals surface area contributed by atoms with E-state index in [1.165, 1.54) is 5.56 Å². The zero-order chi connectivity index (χ0) is 7.56. The first kappa shape index (κ1) is 14.1. The van der Waals surface area contributed by atoms with Crippen LogP contribution in [-0.4, -0.2) is 0 Å². The van der Waals surface area contributed by atoms with E-state index in [2.05, 4.69) is 0 Å². The minimum Gasteiger partial charge on any atom is -0.399 e. The highest BCUT2D eigenvalue weighted by Gasteiger charge is 1.93. The number of anilines is 1. The number of rotatable bonds is 1. The van der Waals surface area contributed by atoms with Gasteiger partial charge in [-0.15, -0.1) is 24.8 Å². The van der Waals surface area contributed by atoms with Gasteiger partial charge in [-0.1, -0.05) is 6.07 Å². The van der Waals surface area contributed by atoms with Gasteiger partial charge in [0.15, 0.2) is 0 Å². The normalized spacial score (nSPS) is 8.17. The third-order valence-corrected chi connectivity index (χ3v) is 1.59. The van der Waals surface area contributed by atoms with Crippen LogP contribution in [0.2, 0.25) is 0 Å². The summed E-state index contributed by atoms with van der Waals surface area (Å²) in [6.07, 6.45) is 0. The molecule has 0 spiro atoms. The quantitative estimate of drug-likeness (QED) is 0.694. The van der Waals surface area contributed by atoms with Crippen LogP contribution < -0.4 is 11.5 Å². The summed E-state index contributed by atoms with van der Waals surface area (Å²) in [7, 11) is 0. The van der Waals surface area contributed by atoms with E-state index in [1.54, 1.807) is 0 Å². The average Bonchev–Trinajstić information content (AvgIpc) is 1.88. The fourth-order valence-corrected chi connectivity index (χ4v) is 0.948. The lowest BCUT2D eigenvalue weighted by atomic mass is 10.1. The van der Waals surface area contributed by atoms with Gasteiger partial charge in [0.1, 0.15) is 0 Å². The Labute approximate surface area is 85.1 Å². The molecule has 0 aliphatic carbocycles. The smallest absolute Gasteiger partial charge is 0.0316 e. The van der Waals surface area contributed by atoms with E-state index < -0.39 is 0 Å². The molecule has 0 amide bonds. The fourth-order valence-electron chi connectivity index (χ4n) is 0.948. The maximum absolute atomic E-state index is 5.54. The van der Waals surface area contributed by atoms with Crippen molar-refractivity contribution in [3.63, 3.8) is 0 Å². The van der Waals surface area contributed by atoms with Gasteiger partial charge < -0.3 is 11.5 Å². The second kappa shape index (κ2) is 6.12. The summed E-state index contributed by atoms with van der Waals surface area (Å²) in [5.41, 5.74) is 14.1. The topological polar surface area (TPSA) is 52.0 Å². The van der Waals surface area contributed by atoms with Gasteiger partial charge in [0.05, 0.1) is 0 Å². The molecule has 4 N–H and O–H groups in total. The van der Waals surface area contributed by atoms with Crippen LogP contribution in [-0.2, 0) is 6.54 Å². The molecular formula is C8H14Cl2N2. The first-order valence-electron chi connectivity index (χ1n) is 3.29. The van der Waals surface area contributed by atoms with Crippen LogP contribution in [0.5, 0.6) is 0 Å². The summed E-state index contributed by atoms with van der Waals surface area (Å²) in [6.45, 7) is 2.60. The Kier molecular flexibility index (Phi) is 7.19.